The molecule has 1 unspecified atom stereocenters. The number of imidazole rings is 1. The molecule has 6 aromatic rings. The van der Waals surface area contributed by atoms with Crippen molar-refractivity contribution in [3.8, 4) is 33.8 Å². The Morgan fingerprint density at radius 3 is 2.71 bits per heavy atom. The van der Waals surface area contributed by atoms with Gasteiger partial charge in [-0.15, -0.1) is 0 Å². The molecule has 0 radical (unpaired) electrons. The number of benzene rings is 1. The lowest BCUT2D eigenvalue weighted by Gasteiger charge is -2.31. The molecule has 1 aromatic carbocycles. The summed E-state index contributed by atoms with van der Waals surface area (Å²) in [6.45, 7) is 0. The van der Waals surface area contributed by atoms with Crippen molar-refractivity contribution < 1.29 is 9.50 Å². The highest BCUT2D eigenvalue weighted by molar-refractivity contribution is 5.96. The van der Waals surface area contributed by atoms with Crippen molar-refractivity contribution in [2.24, 2.45) is 5.92 Å². The number of pyridine rings is 3. The van der Waals surface area contributed by atoms with Gasteiger partial charge in [-0.1, -0.05) is 18.6 Å². The third kappa shape index (κ3) is 3.95. The Balaban J connectivity index is 1.26. The van der Waals surface area contributed by atoms with Crippen LogP contribution in [0.4, 0.5) is 10.1 Å². The van der Waals surface area contributed by atoms with Gasteiger partial charge in [-0.2, -0.15) is 5.10 Å². The topological polar surface area (TPSA) is 128 Å². The van der Waals surface area contributed by atoms with Gasteiger partial charge in [0.05, 0.1) is 22.8 Å². The van der Waals surface area contributed by atoms with E-state index in [0.717, 1.165) is 52.6 Å². The Hall–Kier alpha value is -4.70. The largest absolute Gasteiger partial charge is 0.374 e. The van der Waals surface area contributed by atoms with Crippen LogP contribution in [-0.4, -0.2) is 46.5 Å². The second-order valence-corrected chi connectivity index (χ2v) is 9.59. The zero-order valence-electron chi connectivity index (χ0n) is 20.2. The summed E-state index contributed by atoms with van der Waals surface area (Å²) in [5.41, 5.74) is 6.42. The number of hydrogen-bond acceptors (Lipinski definition) is 7. The maximum atomic E-state index is 13.9. The van der Waals surface area contributed by atoms with Gasteiger partial charge >= 0.3 is 0 Å². The summed E-state index contributed by atoms with van der Waals surface area (Å²) in [6, 6.07) is 12.2. The first kappa shape index (κ1) is 22.5. The van der Waals surface area contributed by atoms with Crippen LogP contribution in [0.2, 0.25) is 0 Å². The van der Waals surface area contributed by atoms with E-state index in [0.29, 0.717) is 28.3 Å². The fourth-order valence-corrected chi connectivity index (χ4v) is 4.88. The molecule has 0 spiro atoms. The van der Waals surface area contributed by atoms with Crippen LogP contribution in [0.1, 0.15) is 19.3 Å². The highest BCUT2D eigenvalue weighted by atomic mass is 19.1. The minimum atomic E-state index is -0.583. The molecule has 9 nitrogen and oxygen atoms in total. The highest BCUT2D eigenvalue weighted by Gasteiger charge is 2.25. The normalized spacial score (nSPS) is 14.6. The van der Waals surface area contributed by atoms with Crippen molar-refractivity contribution in [2.75, 3.05) is 5.32 Å². The summed E-state index contributed by atoms with van der Waals surface area (Å²) in [6.07, 6.45) is 9.53. The quantitative estimate of drug-likeness (QED) is 0.226. The van der Waals surface area contributed by atoms with Crippen molar-refractivity contribution in [1.82, 2.24) is 35.1 Å². The van der Waals surface area contributed by atoms with Gasteiger partial charge in [0, 0.05) is 41.2 Å². The molecule has 1 aliphatic carbocycles. The van der Waals surface area contributed by atoms with Gasteiger partial charge in [0.2, 0.25) is 0 Å². The monoisotopic (exact) mass is 506 g/mol. The second-order valence-electron chi connectivity index (χ2n) is 9.59. The summed E-state index contributed by atoms with van der Waals surface area (Å²) < 4.78 is 13.9. The summed E-state index contributed by atoms with van der Waals surface area (Å²) in [5, 5.41) is 21.8. The van der Waals surface area contributed by atoms with E-state index in [9.17, 15) is 9.50 Å². The number of halogens is 1. The van der Waals surface area contributed by atoms with Gasteiger partial charge in [0.1, 0.15) is 17.7 Å². The molecule has 38 heavy (non-hydrogen) atoms. The summed E-state index contributed by atoms with van der Waals surface area (Å²) in [7, 11) is 0. The molecular weight excluding hydrogens is 483 g/mol. The predicted molar refractivity (Wildman–Crippen MR) is 142 cm³/mol. The smallest absolute Gasteiger partial charge is 0.181 e. The van der Waals surface area contributed by atoms with Crippen LogP contribution in [0.5, 0.6) is 0 Å². The van der Waals surface area contributed by atoms with Gasteiger partial charge in [-0.25, -0.2) is 19.3 Å². The van der Waals surface area contributed by atoms with Gasteiger partial charge in [-0.3, -0.25) is 10.1 Å². The zero-order valence-corrected chi connectivity index (χ0v) is 20.2. The number of anilines is 1. The van der Waals surface area contributed by atoms with Crippen molar-refractivity contribution in [3.63, 3.8) is 0 Å². The number of fused-ring (bicyclic) bond motifs is 2. The van der Waals surface area contributed by atoms with Crippen LogP contribution in [-0.2, 0) is 0 Å². The Labute approximate surface area is 216 Å². The van der Waals surface area contributed by atoms with Crippen molar-refractivity contribution >= 4 is 27.9 Å². The Kier molecular flexibility index (Phi) is 5.33. The van der Waals surface area contributed by atoms with Gasteiger partial charge < -0.3 is 15.4 Å². The number of aliphatic hydroxyl groups is 1. The first-order chi connectivity index (χ1) is 18.6. The molecule has 4 N–H and O–H groups in total. The lowest BCUT2D eigenvalue weighted by Crippen LogP contribution is -2.33. The van der Waals surface area contributed by atoms with E-state index in [1.807, 2.05) is 24.3 Å². The molecule has 1 atom stereocenters. The fraction of sp³-hybridized carbons (Fsp3) is 0.179. The molecule has 0 saturated heterocycles. The van der Waals surface area contributed by atoms with Gasteiger partial charge in [0.15, 0.2) is 17.1 Å². The molecule has 0 bridgehead atoms. The van der Waals surface area contributed by atoms with Crippen molar-refractivity contribution in [1.29, 1.82) is 0 Å². The maximum Gasteiger partial charge on any atom is 0.181 e. The van der Waals surface area contributed by atoms with E-state index in [1.54, 1.807) is 30.9 Å². The predicted octanol–water partition coefficient (Wildman–Crippen LogP) is 5.29. The number of aromatic amines is 2. The molecular formula is C28H23FN8O. The summed E-state index contributed by atoms with van der Waals surface area (Å²) in [4.78, 5) is 21.3. The van der Waals surface area contributed by atoms with Crippen LogP contribution in [0.25, 0.3) is 56.0 Å². The van der Waals surface area contributed by atoms with E-state index < -0.39 is 6.23 Å². The Morgan fingerprint density at radius 2 is 1.87 bits per heavy atom. The first-order valence-corrected chi connectivity index (χ1v) is 12.5. The number of nitrogens with one attached hydrogen (secondary N) is 3. The number of aromatic nitrogens is 7. The summed E-state index contributed by atoms with van der Waals surface area (Å²) >= 11 is 0. The lowest BCUT2D eigenvalue weighted by atomic mass is 9.84. The number of hydrogen-bond donors (Lipinski definition) is 4. The zero-order chi connectivity index (χ0) is 25.6. The molecule has 1 saturated carbocycles. The molecule has 188 valence electrons. The first-order valence-electron chi connectivity index (χ1n) is 12.5. The third-order valence-electron chi connectivity index (χ3n) is 7.16. The summed E-state index contributed by atoms with van der Waals surface area (Å²) in [5.74, 6) is 0.525. The van der Waals surface area contributed by atoms with E-state index in [1.165, 1.54) is 12.1 Å². The highest BCUT2D eigenvalue weighted by Crippen LogP contribution is 2.33. The van der Waals surface area contributed by atoms with Gasteiger partial charge in [-0.05, 0) is 48.7 Å². The SMILES string of the molecule is OC(Nc1cncc(-c2cnc3n[nH]c(-c4nc5nccc(-c6cccc(F)c6)c5[nH]4)c3c2)c1)C1CCC1. The van der Waals surface area contributed by atoms with Crippen LogP contribution < -0.4 is 5.32 Å². The maximum absolute atomic E-state index is 13.9. The second kappa shape index (κ2) is 9.00. The molecule has 7 rings (SSSR count). The molecule has 5 heterocycles. The van der Waals surface area contributed by atoms with E-state index >= 15 is 0 Å². The lowest BCUT2D eigenvalue weighted by molar-refractivity contribution is 0.0851. The number of H-pyrrole nitrogens is 2. The van der Waals surface area contributed by atoms with Crippen LogP contribution in [0.3, 0.4) is 0 Å². The van der Waals surface area contributed by atoms with Crippen LogP contribution in [0.15, 0.2) is 67.3 Å². The van der Waals surface area contributed by atoms with E-state index in [4.69, 9.17) is 0 Å². The molecule has 0 aliphatic heterocycles. The number of aliphatic hydroxyl groups excluding tert-OH is 1. The van der Waals surface area contributed by atoms with Crippen molar-refractivity contribution in [3.05, 3.63) is 73.1 Å². The van der Waals surface area contributed by atoms with Crippen LogP contribution in [0, 0.1) is 11.7 Å². The molecule has 1 aliphatic rings. The molecule has 10 heteroatoms. The Bertz CT molecular complexity index is 1790. The Morgan fingerprint density at radius 1 is 0.974 bits per heavy atom. The molecule has 1 fully saturated rings. The van der Waals surface area contributed by atoms with E-state index in [-0.39, 0.29) is 11.7 Å². The van der Waals surface area contributed by atoms with Crippen molar-refractivity contribution in [2.45, 2.75) is 25.5 Å². The van der Waals surface area contributed by atoms with Gasteiger partial charge in [0.25, 0.3) is 0 Å². The fourth-order valence-electron chi connectivity index (χ4n) is 4.88. The molecule has 5 aromatic heterocycles. The standard InChI is InChI=1S/C28H23FN8O/c29-19-6-2-5-16(9-19)21-7-8-31-26-23(21)34-27(35-26)24-22-11-18(13-32-25(22)37-36-24)17-10-20(14-30-12-17)33-28(38)15-3-1-4-15/h2,5-15,28,33,38H,1,3-4H2,(H,31,34,35)(H,32,36,37). The van der Waals surface area contributed by atoms with Crippen LogP contribution >= 0.6 is 0 Å². The third-order valence-corrected chi connectivity index (χ3v) is 7.16. The average Bonchev–Trinajstić information content (AvgIpc) is 3.51. The van der Waals surface area contributed by atoms with E-state index in [2.05, 4.69) is 40.4 Å². The minimum Gasteiger partial charge on any atom is -0.374 e. The number of nitrogens with zero attached hydrogens (tertiary/aromatic N) is 5. The minimum absolute atomic E-state index is 0.282. The number of rotatable bonds is 6. The average molecular weight is 507 g/mol. The molecule has 0 amide bonds.